The summed E-state index contributed by atoms with van der Waals surface area (Å²) in [6.07, 6.45) is 0.642. The summed E-state index contributed by atoms with van der Waals surface area (Å²) < 4.78 is 11.0. The number of aromatic nitrogens is 2. The number of hydrogen-bond acceptors (Lipinski definition) is 5. The van der Waals surface area contributed by atoms with Crippen molar-refractivity contribution in [2.75, 3.05) is 0 Å². The van der Waals surface area contributed by atoms with Gasteiger partial charge in [-0.2, -0.15) is 4.98 Å². The molecule has 17 heavy (non-hydrogen) atoms. The molecule has 0 fully saturated rings. The molecule has 0 unspecified atom stereocenters. The van der Waals surface area contributed by atoms with Crippen molar-refractivity contribution in [3.8, 4) is 5.75 Å². The zero-order chi connectivity index (χ0) is 12.3. The number of hydrogen-bond donors (Lipinski definition) is 1. The molecule has 0 bridgehead atoms. The van der Waals surface area contributed by atoms with Crippen LogP contribution in [0.2, 0.25) is 0 Å². The summed E-state index contributed by atoms with van der Waals surface area (Å²) in [6.45, 7) is 1.89. The second-order valence-corrected chi connectivity index (χ2v) is 4.41. The SMILES string of the molecule is C[C@@H](O)c1cc(Br)ccc1OCc1ncon1. The van der Waals surface area contributed by atoms with Gasteiger partial charge >= 0.3 is 0 Å². The number of nitrogens with zero attached hydrogens (tertiary/aromatic N) is 2. The third-order valence-corrected chi connectivity index (χ3v) is 2.68. The highest BCUT2D eigenvalue weighted by Crippen LogP contribution is 2.28. The maximum atomic E-state index is 9.64. The van der Waals surface area contributed by atoms with Crippen LogP contribution in [0.1, 0.15) is 24.4 Å². The monoisotopic (exact) mass is 298 g/mol. The Bertz CT molecular complexity index is 485. The minimum Gasteiger partial charge on any atom is -0.485 e. The van der Waals surface area contributed by atoms with E-state index in [0.717, 1.165) is 4.47 Å². The minimum atomic E-state index is -0.604. The fourth-order valence-electron chi connectivity index (χ4n) is 1.38. The Balaban J connectivity index is 2.14. The molecule has 0 aliphatic heterocycles. The average Bonchev–Trinajstić information content (AvgIpc) is 2.80. The van der Waals surface area contributed by atoms with Crippen molar-refractivity contribution in [2.24, 2.45) is 0 Å². The highest BCUT2D eigenvalue weighted by molar-refractivity contribution is 9.10. The van der Waals surface area contributed by atoms with E-state index in [9.17, 15) is 5.11 Å². The van der Waals surface area contributed by atoms with Gasteiger partial charge in [-0.1, -0.05) is 21.1 Å². The molecule has 1 aromatic carbocycles. The Labute approximate surface area is 107 Å². The number of ether oxygens (including phenoxy) is 1. The zero-order valence-corrected chi connectivity index (χ0v) is 10.7. The Hall–Kier alpha value is -1.40. The van der Waals surface area contributed by atoms with E-state index in [4.69, 9.17) is 4.74 Å². The molecule has 0 saturated heterocycles. The number of benzene rings is 1. The Morgan fingerprint density at radius 3 is 3.00 bits per heavy atom. The molecule has 0 saturated carbocycles. The molecule has 1 aromatic heterocycles. The topological polar surface area (TPSA) is 68.4 Å². The fourth-order valence-corrected chi connectivity index (χ4v) is 1.75. The predicted molar refractivity (Wildman–Crippen MR) is 63.4 cm³/mol. The van der Waals surface area contributed by atoms with Crippen LogP contribution in [0.4, 0.5) is 0 Å². The lowest BCUT2D eigenvalue weighted by atomic mass is 10.1. The van der Waals surface area contributed by atoms with Crippen molar-refractivity contribution in [1.29, 1.82) is 0 Å². The molecule has 1 atom stereocenters. The van der Waals surface area contributed by atoms with Crippen LogP contribution in [0.5, 0.6) is 5.75 Å². The predicted octanol–water partition coefficient (Wildman–Crippen LogP) is 2.46. The van der Waals surface area contributed by atoms with Crippen LogP contribution in [-0.4, -0.2) is 15.2 Å². The molecule has 1 N–H and O–H groups in total. The molecular formula is C11H11BrN2O3. The van der Waals surface area contributed by atoms with Crippen molar-refractivity contribution in [3.05, 3.63) is 40.5 Å². The van der Waals surface area contributed by atoms with E-state index < -0.39 is 6.10 Å². The molecule has 2 aromatic rings. The second kappa shape index (κ2) is 5.29. The molecule has 90 valence electrons. The number of aliphatic hydroxyl groups is 1. The average molecular weight is 299 g/mol. The van der Waals surface area contributed by atoms with Gasteiger partial charge in [0.15, 0.2) is 6.61 Å². The molecule has 0 amide bonds. The Kier molecular flexibility index (Phi) is 3.75. The third kappa shape index (κ3) is 3.04. The summed E-state index contributed by atoms with van der Waals surface area (Å²) in [4.78, 5) is 3.85. The van der Waals surface area contributed by atoms with Crippen LogP contribution in [0.15, 0.2) is 33.6 Å². The van der Waals surface area contributed by atoms with Crippen LogP contribution in [0, 0.1) is 0 Å². The van der Waals surface area contributed by atoms with E-state index in [-0.39, 0.29) is 6.61 Å². The minimum absolute atomic E-state index is 0.206. The van der Waals surface area contributed by atoms with Crippen molar-refractivity contribution in [1.82, 2.24) is 10.1 Å². The largest absolute Gasteiger partial charge is 0.485 e. The van der Waals surface area contributed by atoms with E-state index in [1.807, 2.05) is 12.1 Å². The fraction of sp³-hybridized carbons (Fsp3) is 0.273. The standard InChI is InChI=1S/C11H11BrN2O3/c1-7(15)9-4-8(12)2-3-10(9)16-5-11-13-6-17-14-11/h2-4,6-7,15H,5H2,1H3/t7-/m1/s1. The smallest absolute Gasteiger partial charge is 0.213 e. The first-order valence-electron chi connectivity index (χ1n) is 5.02. The highest BCUT2D eigenvalue weighted by Gasteiger charge is 2.10. The first-order chi connectivity index (χ1) is 8.16. The third-order valence-electron chi connectivity index (χ3n) is 2.19. The van der Waals surface area contributed by atoms with Gasteiger partial charge in [0, 0.05) is 10.0 Å². The number of aliphatic hydroxyl groups excluding tert-OH is 1. The van der Waals surface area contributed by atoms with Gasteiger partial charge in [-0.15, -0.1) is 0 Å². The quantitative estimate of drug-likeness (QED) is 0.939. The van der Waals surface area contributed by atoms with Crippen molar-refractivity contribution < 1.29 is 14.4 Å². The maximum Gasteiger partial charge on any atom is 0.213 e. The molecule has 2 rings (SSSR count). The summed E-state index contributed by atoms with van der Waals surface area (Å²) in [5, 5.41) is 13.3. The van der Waals surface area contributed by atoms with Gasteiger partial charge in [0.2, 0.25) is 12.2 Å². The van der Waals surface area contributed by atoms with Crippen molar-refractivity contribution >= 4 is 15.9 Å². The molecular weight excluding hydrogens is 288 g/mol. The summed E-state index contributed by atoms with van der Waals surface area (Å²) in [6, 6.07) is 5.44. The van der Waals surface area contributed by atoms with Gasteiger partial charge in [-0.05, 0) is 25.1 Å². The van der Waals surface area contributed by atoms with Crippen LogP contribution in [0.25, 0.3) is 0 Å². The molecule has 1 heterocycles. The number of rotatable bonds is 4. The van der Waals surface area contributed by atoms with E-state index >= 15 is 0 Å². The van der Waals surface area contributed by atoms with Gasteiger partial charge in [0.1, 0.15) is 5.75 Å². The van der Waals surface area contributed by atoms with Crippen molar-refractivity contribution in [2.45, 2.75) is 19.6 Å². The van der Waals surface area contributed by atoms with Crippen LogP contribution in [-0.2, 0) is 6.61 Å². The van der Waals surface area contributed by atoms with Gasteiger partial charge < -0.3 is 14.4 Å². The summed E-state index contributed by atoms with van der Waals surface area (Å²) in [5.74, 6) is 1.07. The second-order valence-electron chi connectivity index (χ2n) is 3.49. The van der Waals surface area contributed by atoms with Crippen LogP contribution >= 0.6 is 15.9 Å². The molecule has 6 heteroatoms. The molecule has 5 nitrogen and oxygen atoms in total. The number of halogens is 1. The van der Waals surface area contributed by atoms with E-state index in [2.05, 4.69) is 30.6 Å². The molecule has 0 spiro atoms. The van der Waals surface area contributed by atoms with Crippen molar-refractivity contribution in [3.63, 3.8) is 0 Å². The lowest BCUT2D eigenvalue weighted by Crippen LogP contribution is -2.02. The van der Waals surface area contributed by atoms with Gasteiger partial charge in [0.05, 0.1) is 6.10 Å². The summed E-state index contributed by atoms with van der Waals surface area (Å²) >= 11 is 3.35. The lowest BCUT2D eigenvalue weighted by Gasteiger charge is -2.12. The van der Waals surface area contributed by atoms with E-state index in [0.29, 0.717) is 17.1 Å². The Morgan fingerprint density at radius 2 is 2.35 bits per heavy atom. The molecule has 0 radical (unpaired) electrons. The van der Waals surface area contributed by atoms with Crippen LogP contribution in [0.3, 0.4) is 0 Å². The molecule has 0 aliphatic carbocycles. The van der Waals surface area contributed by atoms with Gasteiger partial charge in [0.25, 0.3) is 0 Å². The maximum absolute atomic E-state index is 9.64. The summed E-state index contributed by atoms with van der Waals surface area (Å²) in [7, 11) is 0. The molecule has 0 aliphatic rings. The normalized spacial score (nSPS) is 12.4. The first kappa shape index (κ1) is 12.1. The zero-order valence-electron chi connectivity index (χ0n) is 9.13. The van der Waals surface area contributed by atoms with E-state index in [1.54, 1.807) is 13.0 Å². The van der Waals surface area contributed by atoms with Crippen LogP contribution < -0.4 is 4.74 Å². The Morgan fingerprint density at radius 1 is 1.53 bits per heavy atom. The van der Waals surface area contributed by atoms with E-state index in [1.165, 1.54) is 6.39 Å². The first-order valence-corrected chi connectivity index (χ1v) is 5.81. The van der Waals surface area contributed by atoms with Gasteiger partial charge in [-0.25, -0.2) is 0 Å². The highest BCUT2D eigenvalue weighted by atomic mass is 79.9. The lowest BCUT2D eigenvalue weighted by molar-refractivity contribution is 0.189. The summed E-state index contributed by atoms with van der Waals surface area (Å²) in [5.41, 5.74) is 0.711. The van der Waals surface area contributed by atoms with Gasteiger partial charge in [-0.3, -0.25) is 0 Å².